The summed E-state index contributed by atoms with van der Waals surface area (Å²) in [5.41, 5.74) is 7.81. The van der Waals surface area contributed by atoms with Gasteiger partial charge < -0.3 is 15.0 Å². The lowest BCUT2D eigenvalue weighted by Crippen LogP contribution is -2.01. The molecule has 0 saturated carbocycles. The number of nitrogens with zero attached hydrogens (tertiary/aromatic N) is 2. The number of ether oxygens (including phenoxy) is 1. The van der Waals surface area contributed by atoms with E-state index in [1.807, 2.05) is 28.8 Å². The van der Waals surface area contributed by atoms with Crippen LogP contribution < -0.4 is 10.5 Å². The maximum absolute atomic E-state index is 6.09. The zero-order valence-electron chi connectivity index (χ0n) is 10.2. The van der Waals surface area contributed by atoms with Crippen molar-refractivity contribution in [1.82, 2.24) is 9.55 Å². The van der Waals surface area contributed by atoms with Gasteiger partial charge in [-0.25, -0.2) is 4.98 Å². The molecule has 1 aromatic heterocycles. The molecular formula is C13H17N3O. The largest absolute Gasteiger partial charge is 0.496 e. The predicted molar refractivity (Wildman–Crippen MR) is 68.9 cm³/mol. The minimum Gasteiger partial charge on any atom is -0.496 e. The Morgan fingerprint density at radius 1 is 1.35 bits per heavy atom. The van der Waals surface area contributed by atoms with Gasteiger partial charge in [-0.05, 0) is 18.6 Å². The maximum atomic E-state index is 6.09. The van der Waals surface area contributed by atoms with Crippen LogP contribution in [0.15, 0.2) is 30.6 Å². The van der Waals surface area contributed by atoms with Crippen molar-refractivity contribution in [3.8, 4) is 17.0 Å². The molecule has 17 heavy (non-hydrogen) atoms. The van der Waals surface area contributed by atoms with E-state index < -0.39 is 0 Å². The van der Waals surface area contributed by atoms with Crippen LogP contribution in [0.3, 0.4) is 0 Å². The number of rotatable bonds is 4. The standard InChI is InChI=1S/C13H17N3O/c1-3-8-16-9-15-12(13(16)14)10-6-4-5-7-11(10)17-2/h4-7,9H,3,8,14H2,1-2H3. The van der Waals surface area contributed by atoms with Crippen LogP contribution in [0.4, 0.5) is 5.82 Å². The van der Waals surface area contributed by atoms with Crippen LogP contribution in [0, 0.1) is 0 Å². The number of methoxy groups -OCH3 is 1. The Balaban J connectivity index is 2.46. The monoisotopic (exact) mass is 231 g/mol. The minimum absolute atomic E-state index is 0.691. The molecule has 0 bridgehead atoms. The highest BCUT2D eigenvalue weighted by molar-refractivity contribution is 5.75. The Morgan fingerprint density at radius 3 is 2.82 bits per heavy atom. The van der Waals surface area contributed by atoms with Gasteiger partial charge in [0.15, 0.2) is 0 Å². The van der Waals surface area contributed by atoms with Gasteiger partial charge in [-0.2, -0.15) is 0 Å². The number of nitrogens with two attached hydrogens (primary N) is 1. The first kappa shape index (κ1) is 11.5. The average Bonchev–Trinajstić information content (AvgIpc) is 2.72. The van der Waals surface area contributed by atoms with Gasteiger partial charge in [-0.1, -0.05) is 19.1 Å². The Labute approximate surface area is 101 Å². The third-order valence-corrected chi connectivity index (χ3v) is 2.70. The number of aryl methyl sites for hydroxylation is 1. The van der Waals surface area contributed by atoms with Crippen LogP contribution in [0.25, 0.3) is 11.3 Å². The van der Waals surface area contributed by atoms with Gasteiger partial charge in [0.05, 0.1) is 13.4 Å². The van der Waals surface area contributed by atoms with E-state index in [0.29, 0.717) is 5.82 Å². The molecule has 0 fully saturated rings. The summed E-state index contributed by atoms with van der Waals surface area (Å²) in [7, 11) is 1.65. The Morgan fingerprint density at radius 2 is 2.12 bits per heavy atom. The molecule has 0 amide bonds. The Kier molecular flexibility index (Phi) is 3.32. The number of benzene rings is 1. The van der Waals surface area contributed by atoms with Gasteiger partial charge in [-0.3, -0.25) is 0 Å². The van der Waals surface area contributed by atoms with Gasteiger partial charge in [0.25, 0.3) is 0 Å². The lowest BCUT2D eigenvalue weighted by atomic mass is 10.1. The average molecular weight is 231 g/mol. The first-order valence-electron chi connectivity index (χ1n) is 5.72. The summed E-state index contributed by atoms with van der Waals surface area (Å²) in [6.45, 7) is 3.00. The molecule has 2 N–H and O–H groups in total. The molecule has 0 spiro atoms. The molecule has 0 radical (unpaired) electrons. The molecule has 0 atom stereocenters. The zero-order chi connectivity index (χ0) is 12.3. The Bertz CT molecular complexity index is 505. The van der Waals surface area contributed by atoms with E-state index in [-0.39, 0.29) is 0 Å². The molecule has 4 heteroatoms. The number of hydrogen-bond acceptors (Lipinski definition) is 3. The van der Waals surface area contributed by atoms with Crippen LogP contribution in [0.5, 0.6) is 5.75 Å². The Hall–Kier alpha value is -1.97. The second-order valence-corrected chi connectivity index (χ2v) is 3.87. The quantitative estimate of drug-likeness (QED) is 0.879. The molecule has 0 saturated heterocycles. The van der Waals surface area contributed by atoms with Crippen LogP contribution in [0.1, 0.15) is 13.3 Å². The number of hydrogen-bond donors (Lipinski definition) is 1. The summed E-state index contributed by atoms with van der Waals surface area (Å²) in [4.78, 5) is 4.37. The lowest BCUT2D eigenvalue weighted by molar-refractivity contribution is 0.416. The van der Waals surface area contributed by atoms with Crippen LogP contribution in [-0.4, -0.2) is 16.7 Å². The fourth-order valence-electron chi connectivity index (χ4n) is 1.86. The van der Waals surface area contributed by atoms with Crippen molar-refractivity contribution in [3.63, 3.8) is 0 Å². The molecular weight excluding hydrogens is 214 g/mol. The van der Waals surface area contributed by atoms with E-state index in [0.717, 1.165) is 30.0 Å². The summed E-state index contributed by atoms with van der Waals surface area (Å²) in [6, 6.07) is 7.76. The smallest absolute Gasteiger partial charge is 0.131 e. The first-order valence-corrected chi connectivity index (χ1v) is 5.72. The predicted octanol–water partition coefficient (Wildman–Crippen LogP) is 2.55. The fraction of sp³-hybridized carbons (Fsp3) is 0.308. The maximum Gasteiger partial charge on any atom is 0.131 e. The van der Waals surface area contributed by atoms with Crippen molar-refractivity contribution in [1.29, 1.82) is 0 Å². The molecule has 0 unspecified atom stereocenters. The first-order chi connectivity index (χ1) is 8.27. The van der Waals surface area contributed by atoms with Crippen LogP contribution in [0.2, 0.25) is 0 Å². The van der Waals surface area contributed by atoms with Crippen molar-refractivity contribution in [2.75, 3.05) is 12.8 Å². The SMILES string of the molecule is CCCn1cnc(-c2ccccc2OC)c1N. The van der Waals surface area contributed by atoms with Crippen molar-refractivity contribution >= 4 is 5.82 Å². The molecule has 90 valence electrons. The minimum atomic E-state index is 0.691. The summed E-state index contributed by atoms with van der Waals surface area (Å²) in [5.74, 6) is 1.48. The van der Waals surface area contributed by atoms with Gasteiger partial charge in [0, 0.05) is 12.1 Å². The summed E-state index contributed by atoms with van der Waals surface area (Å²) < 4.78 is 7.28. The number of nitrogen functional groups attached to an aromatic ring is 1. The fourth-order valence-corrected chi connectivity index (χ4v) is 1.86. The second kappa shape index (κ2) is 4.91. The molecule has 2 rings (SSSR count). The zero-order valence-corrected chi connectivity index (χ0v) is 10.2. The van der Waals surface area contributed by atoms with Crippen molar-refractivity contribution in [2.24, 2.45) is 0 Å². The van der Waals surface area contributed by atoms with E-state index in [1.54, 1.807) is 13.4 Å². The number of anilines is 1. The van der Waals surface area contributed by atoms with Gasteiger partial charge in [-0.15, -0.1) is 0 Å². The molecule has 0 aliphatic heterocycles. The summed E-state index contributed by atoms with van der Waals surface area (Å²) in [6.07, 6.45) is 2.81. The van der Waals surface area contributed by atoms with Crippen molar-refractivity contribution < 1.29 is 4.74 Å². The number of para-hydroxylation sites is 1. The van der Waals surface area contributed by atoms with Crippen molar-refractivity contribution in [3.05, 3.63) is 30.6 Å². The summed E-state index contributed by atoms with van der Waals surface area (Å²) >= 11 is 0. The van der Waals surface area contributed by atoms with Gasteiger partial charge in [0.2, 0.25) is 0 Å². The van der Waals surface area contributed by atoms with Crippen LogP contribution in [-0.2, 0) is 6.54 Å². The third-order valence-electron chi connectivity index (χ3n) is 2.70. The van der Waals surface area contributed by atoms with E-state index in [1.165, 1.54) is 0 Å². The molecule has 4 nitrogen and oxygen atoms in total. The molecule has 2 aromatic rings. The van der Waals surface area contributed by atoms with Crippen molar-refractivity contribution in [2.45, 2.75) is 19.9 Å². The topological polar surface area (TPSA) is 53.1 Å². The normalized spacial score (nSPS) is 10.5. The molecule has 0 aliphatic carbocycles. The van der Waals surface area contributed by atoms with E-state index in [2.05, 4.69) is 11.9 Å². The highest BCUT2D eigenvalue weighted by Crippen LogP contribution is 2.32. The summed E-state index contributed by atoms with van der Waals surface area (Å²) in [5, 5.41) is 0. The number of aromatic nitrogens is 2. The van der Waals surface area contributed by atoms with Gasteiger partial charge in [0.1, 0.15) is 17.3 Å². The number of imidazole rings is 1. The molecule has 0 aliphatic rings. The van der Waals surface area contributed by atoms with E-state index >= 15 is 0 Å². The third kappa shape index (κ3) is 2.11. The molecule has 1 heterocycles. The second-order valence-electron chi connectivity index (χ2n) is 3.87. The highest BCUT2D eigenvalue weighted by atomic mass is 16.5. The van der Waals surface area contributed by atoms with Crippen LogP contribution >= 0.6 is 0 Å². The molecule has 1 aromatic carbocycles. The van der Waals surface area contributed by atoms with E-state index in [9.17, 15) is 0 Å². The highest BCUT2D eigenvalue weighted by Gasteiger charge is 2.13. The van der Waals surface area contributed by atoms with E-state index in [4.69, 9.17) is 10.5 Å². The lowest BCUT2D eigenvalue weighted by Gasteiger charge is -2.07. The van der Waals surface area contributed by atoms with Gasteiger partial charge >= 0.3 is 0 Å².